The van der Waals surface area contributed by atoms with Crippen molar-refractivity contribution in [2.45, 2.75) is 5.03 Å². The summed E-state index contributed by atoms with van der Waals surface area (Å²) in [6.07, 6.45) is 0. The van der Waals surface area contributed by atoms with Gasteiger partial charge in [-0.2, -0.15) is 0 Å². The largest absolute Gasteiger partial charge is 0.538 e. The van der Waals surface area contributed by atoms with E-state index in [9.17, 15) is 9.90 Å². The quantitative estimate of drug-likeness (QED) is 0.671. The van der Waals surface area contributed by atoms with Crippen molar-refractivity contribution in [2.24, 2.45) is 7.05 Å². The maximum atomic E-state index is 11.7. The molecule has 1 heterocycles. The van der Waals surface area contributed by atoms with Crippen molar-refractivity contribution >= 4 is 35.0 Å². The van der Waals surface area contributed by atoms with Crippen molar-refractivity contribution in [1.82, 2.24) is 5.27 Å². The Morgan fingerprint density at radius 2 is 2.32 bits per heavy atom. The molecule has 1 amide bonds. The number of para-hydroxylation sites is 1. The predicted molar refractivity (Wildman–Crippen MR) is 67.9 cm³/mol. The van der Waals surface area contributed by atoms with E-state index in [4.69, 9.17) is 11.6 Å². The Bertz CT molecular complexity index is 583. The standard InChI is InChI=1S/C11H10ClN3O3S/c1-15-10(11(17)18-14-15)19-6-9(16)13-8-5-3-2-4-7(8)12/h2-5H,6H2,1H3,(H-,13,14,16,17). The second-order valence-corrected chi connectivity index (χ2v) is 4.98. The van der Waals surface area contributed by atoms with Crippen molar-refractivity contribution in [3.63, 3.8) is 0 Å². The van der Waals surface area contributed by atoms with E-state index in [1.165, 1.54) is 4.68 Å². The number of thioether (sulfide) groups is 1. The van der Waals surface area contributed by atoms with Crippen LogP contribution in [0.15, 0.2) is 33.8 Å². The van der Waals surface area contributed by atoms with Gasteiger partial charge in [0.1, 0.15) is 0 Å². The Hall–Kier alpha value is -1.73. The predicted octanol–water partition coefficient (Wildman–Crippen LogP) is 0.957. The van der Waals surface area contributed by atoms with E-state index in [1.807, 2.05) is 0 Å². The second kappa shape index (κ2) is 5.94. The molecule has 0 saturated heterocycles. The molecule has 0 fully saturated rings. The van der Waals surface area contributed by atoms with Gasteiger partial charge in [0.05, 0.1) is 21.7 Å². The van der Waals surface area contributed by atoms with Crippen LogP contribution in [0.25, 0.3) is 0 Å². The van der Waals surface area contributed by atoms with E-state index in [2.05, 4.69) is 15.1 Å². The van der Waals surface area contributed by atoms with E-state index < -0.39 is 5.95 Å². The molecule has 0 aliphatic heterocycles. The van der Waals surface area contributed by atoms with Crippen LogP contribution in [0.4, 0.5) is 5.69 Å². The molecule has 1 aromatic carbocycles. The monoisotopic (exact) mass is 299 g/mol. The van der Waals surface area contributed by atoms with Crippen LogP contribution in [0.2, 0.25) is 5.02 Å². The highest BCUT2D eigenvalue weighted by Gasteiger charge is 2.16. The molecular formula is C11H10ClN3O3S. The van der Waals surface area contributed by atoms with Gasteiger partial charge < -0.3 is 14.9 Å². The summed E-state index contributed by atoms with van der Waals surface area (Å²) in [5.74, 6) is -0.757. The fraction of sp³-hybridized carbons (Fsp3) is 0.182. The Labute approximate surface area is 118 Å². The molecule has 0 radical (unpaired) electrons. The van der Waals surface area contributed by atoms with Gasteiger partial charge in [0.15, 0.2) is 13.0 Å². The molecule has 0 unspecified atom stereocenters. The minimum atomic E-state index is -0.557. The van der Waals surface area contributed by atoms with Gasteiger partial charge in [0.2, 0.25) is 5.91 Å². The molecule has 100 valence electrons. The number of carbonyl (C=O) groups is 1. The summed E-state index contributed by atoms with van der Waals surface area (Å²) in [5.41, 5.74) is 0.534. The van der Waals surface area contributed by atoms with Gasteiger partial charge in [-0.25, -0.2) is 0 Å². The lowest BCUT2D eigenvalue weighted by molar-refractivity contribution is -0.772. The molecule has 2 rings (SSSR count). The van der Waals surface area contributed by atoms with Gasteiger partial charge in [-0.05, 0) is 23.9 Å². The first kappa shape index (κ1) is 13.7. The molecular weight excluding hydrogens is 290 g/mol. The number of rotatable bonds is 4. The average Bonchev–Trinajstić information content (AvgIpc) is 2.70. The summed E-state index contributed by atoms with van der Waals surface area (Å²) in [6, 6.07) is 6.92. The number of hydrogen-bond donors (Lipinski definition) is 1. The van der Waals surface area contributed by atoms with E-state index >= 15 is 0 Å². The van der Waals surface area contributed by atoms with E-state index in [-0.39, 0.29) is 16.7 Å². The molecule has 8 heteroatoms. The highest BCUT2D eigenvalue weighted by molar-refractivity contribution is 7.99. The van der Waals surface area contributed by atoms with Gasteiger partial charge in [-0.15, -0.1) is 0 Å². The van der Waals surface area contributed by atoms with Crippen molar-refractivity contribution in [3.05, 3.63) is 29.3 Å². The number of aromatic nitrogens is 2. The van der Waals surface area contributed by atoms with E-state index in [0.29, 0.717) is 10.7 Å². The highest BCUT2D eigenvalue weighted by atomic mass is 35.5. The summed E-state index contributed by atoms with van der Waals surface area (Å²) >= 11 is 6.97. The number of nitrogens with zero attached hydrogens (tertiary/aromatic N) is 2. The Kier molecular flexibility index (Phi) is 4.28. The van der Waals surface area contributed by atoms with Crippen molar-refractivity contribution in [1.29, 1.82) is 0 Å². The highest BCUT2D eigenvalue weighted by Crippen LogP contribution is 2.23. The number of halogens is 1. The first-order valence-corrected chi connectivity index (χ1v) is 6.64. The average molecular weight is 300 g/mol. The van der Waals surface area contributed by atoms with Crippen LogP contribution in [0.3, 0.4) is 0 Å². The van der Waals surface area contributed by atoms with Crippen LogP contribution in [-0.4, -0.2) is 16.9 Å². The number of aryl methyl sites for hydroxylation is 1. The molecule has 1 N–H and O–H groups in total. The zero-order chi connectivity index (χ0) is 13.8. The minimum absolute atomic E-state index is 0.0650. The van der Waals surface area contributed by atoms with E-state index in [0.717, 1.165) is 11.8 Å². The second-order valence-electron chi connectivity index (χ2n) is 3.61. The van der Waals surface area contributed by atoms with Crippen molar-refractivity contribution in [2.75, 3.05) is 11.1 Å². The number of nitrogens with one attached hydrogen (secondary N) is 1. The zero-order valence-corrected chi connectivity index (χ0v) is 11.5. The van der Waals surface area contributed by atoms with Gasteiger partial charge >= 0.3 is 0 Å². The summed E-state index contributed by atoms with van der Waals surface area (Å²) < 4.78 is 5.74. The summed E-state index contributed by atoms with van der Waals surface area (Å²) in [7, 11) is 1.57. The normalized spacial score (nSPS) is 10.4. The lowest BCUT2D eigenvalue weighted by Crippen LogP contribution is -2.32. The van der Waals surface area contributed by atoms with Gasteiger partial charge in [0.25, 0.3) is 5.03 Å². The fourth-order valence-corrected chi connectivity index (χ4v) is 2.24. The van der Waals surface area contributed by atoms with Crippen LogP contribution in [0, 0.1) is 0 Å². The first-order chi connectivity index (χ1) is 9.08. The molecule has 0 spiro atoms. The number of hydrogen-bond acceptors (Lipinski definition) is 5. The molecule has 0 saturated carbocycles. The summed E-state index contributed by atoms with van der Waals surface area (Å²) in [6.45, 7) is 0. The molecule has 0 bridgehead atoms. The molecule has 6 nitrogen and oxygen atoms in total. The topological polar surface area (TPSA) is 82.1 Å². The van der Waals surface area contributed by atoms with Crippen LogP contribution < -0.4 is 15.1 Å². The maximum Gasteiger partial charge on any atom is 0.291 e. The Balaban J connectivity index is 1.94. The molecule has 0 aliphatic rings. The third-order valence-corrected chi connectivity index (χ3v) is 3.64. The minimum Gasteiger partial charge on any atom is -0.538 e. The molecule has 0 atom stereocenters. The van der Waals surface area contributed by atoms with E-state index in [1.54, 1.807) is 31.3 Å². The lowest BCUT2D eigenvalue weighted by Gasteiger charge is -2.05. The number of amides is 1. The smallest absolute Gasteiger partial charge is 0.291 e. The summed E-state index contributed by atoms with van der Waals surface area (Å²) in [4.78, 5) is 11.7. The van der Waals surface area contributed by atoms with Crippen LogP contribution >= 0.6 is 23.4 Å². The van der Waals surface area contributed by atoms with Crippen molar-refractivity contribution in [3.8, 4) is 5.95 Å². The van der Waals surface area contributed by atoms with Crippen LogP contribution in [-0.2, 0) is 11.8 Å². The Morgan fingerprint density at radius 3 is 2.95 bits per heavy atom. The third-order valence-electron chi connectivity index (χ3n) is 2.20. The molecule has 0 aliphatic carbocycles. The summed E-state index contributed by atoms with van der Waals surface area (Å²) in [5, 5.41) is 18.1. The SMILES string of the molecule is C[n+]1noc([O-])c1SCC(=O)Nc1ccccc1Cl. The number of anilines is 1. The number of carbonyl (C=O) groups excluding carboxylic acids is 1. The Morgan fingerprint density at radius 1 is 1.58 bits per heavy atom. The van der Waals surface area contributed by atoms with Gasteiger partial charge in [0, 0.05) is 0 Å². The molecule has 1 aromatic heterocycles. The lowest BCUT2D eigenvalue weighted by atomic mass is 10.3. The zero-order valence-electron chi connectivity index (χ0n) is 9.92. The van der Waals surface area contributed by atoms with Gasteiger partial charge in [-0.3, -0.25) is 4.79 Å². The fourth-order valence-electron chi connectivity index (χ4n) is 1.34. The number of benzene rings is 1. The first-order valence-electron chi connectivity index (χ1n) is 5.28. The van der Waals surface area contributed by atoms with Gasteiger partial charge in [-0.1, -0.05) is 28.4 Å². The molecule has 2 aromatic rings. The van der Waals surface area contributed by atoms with Crippen molar-refractivity contribution < 1.29 is 19.1 Å². The molecule has 19 heavy (non-hydrogen) atoms. The van der Waals surface area contributed by atoms with Crippen LogP contribution in [0.5, 0.6) is 5.95 Å². The van der Waals surface area contributed by atoms with Crippen LogP contribution in [0.1, 0.15) is 0 Å². The maximum absolute atomic E-state index is 11.7. The third kappa shape index (κ3) is 3.39.